The van der Waals surface area contributed by atoms with Gasteiger partial charge in [0, 0.05) is 11.4 Å². The monoisotopic (exact) mass is 302 g/mol. The van der Waals surface area contributed by atoms with Gasteiger partial charge in [0.15, 0.2) is 0 Å². The lowest BCUT2D eigenvalue weighted by Gasteiger charge is -2.30. The summed E-state index contributed by atoms with van der Waals surface area (Å²) in [7, 11) is 1.63. The van der Waals surface area contributed by atoms with Crippen molar-refractivity contribution in [2.45, 2.75) is 26.7 Å². The van der Waals surface area contributed by atoms with Crippen LogP contribution in [0.4, 0.5) is 5.69 Å². The van der Waals surface area contributed by atoms with Gasteiger partial charge in [0.2, 0.25) is 0 Å². The van der Waals surface area contributed by atoms with Crippen LogP contribution in [0.1, 0.15) is 26.7 Å². The third-order valence-electron chi connectivity index (χ3n) is 3.48. The van der Waals surface area contributed by atoms with Crippen molar-refractivity contribution in [3.8, 4) is 5.75 Å². The zero-order valence-electron chi connectivity index (χ0n) is 13.2. The van der Waals surface area contributed by atoms with Gasteiger partial charge in [-0.15, -0.1) is 0 Å². The van der Waals surface area contributed by atoms with Crippen molar-refractivity contribution in [3.63, 3.8) is 0 Å². The standard InChI is InChI=1S/C17H22N2O3/c1-17(2)9-13(18-11-16(20)21)8-14(10-17)19-12-4-6-15(22-3)7-5-12/h4-8,18H,9-11H2,1-3H3,(H,20,21)/b19-14+. The van der Waals surface area contributed by atoms with Crippen molar-refractivity contribution in [2.24, 2.45) is 10.4 Å². The molecule has 0 bridgehead atoms. The van der Waals surface area contributed by atoms with Gasteiger partial charge >= 0.3 is 5.97 Å². The molecule has 5 nitrogen and oxygen atoms in total. The summed E-state index contributed by atoms with van der Waals surface area (Å²) in [4.78, 5) is 15.4. The molecule has 0 saturated carbocycles. The average Bonchev–Trinajstić information content (AvgIpc) is 2.44. The summed E-state index contributed by atoms with van der Waals surface area (Å²) in [6, 6.07) is 7.57. The van der Waals surface area contributed by atoms with Crippen molar-refractivity contribution in [2.75, 3.05) is 13.7 Å². The fraction of sp³-hybridized carbons (Fsp3) is 0.412. The number of hydrogen-bond donors (Lipinski definition) is 2. The van der Waals surface area contributed by atoms with Crippen LogP contribution < -0.4 is 10.1 Å². The number of carboxylic acids is 1. The van der Waals surface area contributed by atoms with Crippen LogP contribution in [-0.2, 0) is 4.79 Å². The molecule has 0 unspecified atom stereocenters. The minimum absolute atomic E-state index is 0.0564. The van der Waals surface area contributed by atoms with Crippen molar-refractivity contribution in [3.05, 3.63) is 36.0 Å². The molecule has 0 radical (unpaired) electrons. The van der Waals surface area contributed by atoms with Crippen molar-refractivity contribution in [1.82, 2.24) is 5.32 Å². The number of rotatable bonds is 5. The van der Waals surface area contributed by atoms with Crippen LogP contribution in [0.25, 0.3) is 0 Å². The molecular weight excluding hydrogens is 280 g/mol. The number of hydrogen-bond acceptors (Lipinski definition) is 4. The van der Waals surface area contributed by atoms with Gasteiger partial charge in [-0.1, -0.05) is 13.8 Å². The molecule has 0 aliphatic heterocycles. The van der Waals surface area contributed by atoms with E-state index in [0.717, 1.165) is 35.7 Å². The molecule has 0 saturated heterocycles. The zero-order valence-corrected chi connectivity index (χ0v) is 13.2. The summed E-state index contributed by atoms with van der Waals surface area (Å²) in [5.41, 5.74) is 2.79. The molecule has 0 aromatic heterocycles. The highest BCUT2D eigenvalue weighted by atomic mass is 16.5. The number of benzene rings is 1. The average molecular weight is 302 g/mol. The highest BCUT2D eigenvalue weighted by Gasteiger charge is 2.26. The third-order valence-corrected chi connectivity index (χ3v) is 3.48. The summed E-state index contributed by atoms with van der Waals surface area (Å²) in [5.74, 6) is -0.0646. The second-order valence-electron chi connectivity index (χ2n) is 6.24. The largest absolute Gasteiger partial charge is 0.497 e. The smallest absolute Gasteiger partial charge is 0.322 e. The van der Waals surface area contributed by atoms with Crippen LogP contribution in [0.2, 0.25) is 0 Å². The molecule has 1 aliphatic rings. The number of aliphatic imine (C=N–C) groups is 1. The van der Waals surface area contributed by atoms with E-state index in [-0.39, 0.29) is 12.0 Å². The summed E-state index contributed by atoms with van der Waals surface area (Å²) in [5, 5.41) is 11.8. The Labute approximate surface area is 130 Å². The van der Waals surface area contributed by atoms with E-state index in [1.54, 1.807) is 7.11 Å². The van der Waals surface area contributed by atoms with E-state index in [9.17, 15) is 4.79 Å². The summed E-state index contributed by atoms with van der Waals surface area (Å²) >= 11 is 0. The molecule has 1 aliphatic carbocycles. The van der Waals surface area contributed by atoms with Gasteiger partial charge in [0.25, 0.3) is 0 Å². The number of methoxy groups -OCH3 is 1. The molecule has 2 rings (SSSR count). The van der Waals surface area contributed by atoms with Crippen molar-refractivity contribution < 1.29 is 14.6 Å². The highest BCUT2D eigenvalue weighted by molar-refractivity contribution is 5.98. The van der Waals surface area contributed by atoms with Crippen molar-refractivity contribution in [1.29, 1.82) is 0 Å². The number of allylic oxidation sites excluding steroid dienone is 2. The predicted molar refractivity (Wildman–Crippen MR) is 86.8 cm³/mol. The van der Waals surface area contributed by atoms with Gasteiger partial charge in [-0.2, -0.15) is 0 Å². The first-order valence-corrected chi connectivity index (χ1v) is 7.26. The molecule has 0 fully saturated rings. The van der Waals surface area contributed by atoms with E-state index in [0.29, 0.717) is 0 Å². The van der Waals surface area contributed by atoms with E-state index >= 15 is 0 Å². The van der Waals surface area contributed by atoms with E-state index in [1.807, 2.05) is 30.3 Å². The van der Waals surface area contributed by atoms with Gasteiger partial charge in [0.1, 0.15) is 12.3 Å². The Kier molecular flexibility index (Phi) is 4.85. The second kappa shape index (κ2) is 6.64. The van der Waals surface area contributed by atoms with Gasteiger partial charge in [-0.3, -0.25) is 9.79 Å². The summed E-state index contributed by atoms with van der Waals surface area (Å²) < 4.78 is 5.14. The highest BCUT2D eigenvalue weighted by Crippen LogP contribution is 2.34. The quantitative estimate of drug-likeness (QED) is 0.876. The van der Waals surface area contributed by atoms with Gasteiger partial charge in [-0.25, -0.2) is 0 Å². The number of carbonyl (C=O) groups is 1. The topological polar surface area (TPSA) is 70.9 Å². The van der Waals surface area contributed by atoms with E-state index in [2.05, 4.69) is 24.2 Å². The first-order chi connectivity index (χ1) is 10.4. The number of nitrogens with one attached hydrogen (secondary N) is 1. The van der Waals surface area contributed by atoms with Crippen molar-refractivity contribution >= 4 is 17.4 Å². The Morgan fingerprint density at radius 3 is 2.59 bits per heavy atom. The molecule has 0 atom stereocenters. The van der Waals surface area contributed by atoms with E-state index < -0.39 is 5.97 Å². The second-order valence-corrected chi connectivity index (χ2v) is 6.24. The summed E-state index contributed by atoms with van der Waals surface area (Å²) in [6.07, 6.45) is 3.64. The molecule has 0 amide bonds. The maximum Gasteiger partial charge on any atom is 0.322 e. The van der Waals surface area contributed by atoms with Crippen LogP contribution in [0.5, 0.6) is 5.75 Å². The van der Waals surface area contributed by atoms with Gasteiger partial charge in [-0.05, 0) is 48.6 Å². The van der Waals surface area contributed by atoms with Crippen LogP contribution in [0, 0.1) is 5.41 Å². The minimum atomic E-state index is -0.863. The van der Waals surface area contributed by atoms with E-state index in [1.165, 1.54) is 0 Å². The van der Waals surface area contributed by atoms with E-state index in [4.69, 9.17) is 9.84 Å². The lowest BCUT2D eigenvalue weighted by Crippen LogP contribution is -2.30. The fourth-order valence-electron chi connectivity index (χ4n) is 2.57. The van der Waals surface area contributed by atoms with Crippen LogP contribution in [0.3, 0.4) is 0 Å². The Balaban J connectivity index is 2.20. The van der Waals surface area contributed by atoms with Crippen LogP contribution >= 0.6 is 0 Å². The first kappa shape index (κ1) is 16.1. The molecule has 5 heteroatoms. The fourth-order valence-corrected chi connectivity index (χ4v) is 2.57. The molecular formula is C17H22N2O3. The first-order valence-electron chi connectivity index (χ1n) is 7.26. The maximum absolute atomic E-state index is 10.7. The molecule has 0 spiro atoms. The molecule has 1 aromatic carbocycles. The Morgan fingerprint density at radius 1 is 1.32 bits per heavy atom. The maximum atomic E-state index is 10.7. The third kappa shape index (κ3) is 4.62. The van der Waals surface area contributed by atoms with Crippen LogP contribution in [0.15, 0.2) is 41.0 Å². The number of aliphatic carboxylic acids is 1. The Bertz CT molecular complexity index is 601. The number of ether oxygens (including phenoxy) is 1. The molecule has 0 heterocycles. The minimum Gasteiger partial charge on any atom is -0.497 e. The predicted octanol–water partition coefficient (Wildman–Crippen LogP) is 3.15. The number of nitrogens with zero attached hydrogens (tertiary/aromatic N) is 1. The summed E-state index contributed by atoms with van der Waals surface area (Å²) in [6.45, 7) is 4.25. The number of carboxylic acid groups (broad SMARTS) is 1. The van der Waals surface area contributed by atoms with Gasteiger partial charge in [0.05, 0.1) is 12.8 Å². The SMILES string of the molecule is COc1ccc(/N=C2\C=C(NCC(=O)O)CC(C)(C)C2)cc1. The van der Waals surface area contributed by atoms with Gasteiger partial charge < -0.3 is 15.2 Å². The van der Waals surface area contributed by atoms with Crippen LogP contribution in [-0.4, -0.2) is 30.4 Å². The lowest BCUT2D eigenvalue weighted by molar-refractivity contribution is -0.135. The molecule has 1 aromatic rings. The molecule has 2 N–H and O–H groups in total. The Hall–Kier alpha value is -2.30. The normalized spacial score (nSPS) is 18.7. The zero-order chi connectivity index (χ0) is 16.2. The molecule has 118 valence electrons. The lowest BCUT2D eigenvalue weighted by atomic mass is 9.78. The molecule has 22 heavy (non-hydrogen) atoms. The Morgan fingerprint density at radius 2 is 2.00 bits per heavy atom.